The third-order valence-corrected chi connectivity index (χ3v) is 4.17. The second-order valence-corrected chi connectivity index (χ2v) is 5.21. The summed E-state index contributed by atoms with van der Waals surface area (Å²) in [5.41, 5.74) is -0.337. The Balaban J connectivity index is 1.85. The average molecular weight is 275 g/mol. The minimum absolute atomic E-state index is 0.0876. The SMILES string of the molecule is COC(=O)[C@]12O[C@H]1CCN([C@@H](C)c1ccccc1)C2=O. The van der Waals surface area contributed by atoms with Crippen molar-refractivity contribution >= 4 is 11.9 Å². The van der Waals surface area contributed by atoms with Gasteiger partial charge in [-0.2, -0.15) is 0 Å². The number of carbonyl (C=O) groups is 2. The molecule has 2 fully saturated rings. The number of nitrogens with zero attached hydrogens (tertiary/aromatic N) is 1. The maximum absolute atomic E-state index is 12.6. The maximum atomic E-state index is 12.6. The summed E-state index contributed by atoms with van der Waals surface area (Å²) >= 11 is 0. The van der Waals surface area contributed by atoms with Crippen molar-refractivity contribution in [2.45, 2.75) is 31.1 Å². The summed E-state index contributed by atoms with van der Waals surface area (Å²) in [5.74, 6) is -0.866. The van der Waals surface area contributed by atoms with Gasteiger partial charge in [0.1, 0.15) is 6.10 Å². The molecule has 0 aliphatic carbocycles. The summed E-state index contributed by atoms with van der Waals surface area (Å²) in [6, 6.07) is 9.67. The van der Waals surface area contributed by atoms with Crippen molar-refractivity contribution in [2.75, 3.05) is 13.7 Å². The van der Waals surface area contributed by atoms with Crippen LogP contribution in [0.3, 0.4) is 0 Å². The summed E-state index contributed by atoms with van der Waals surface area (Å²) < 4.78 is 10.1. The van der Waals surface area contributed by atoms with Gasteiger partial charge in [0.2, 0.25) is 0 Å². The summed E-state index contributed by atoms with van der Waals surface area (Å²) in [5, 5.41) is 0. The molecule has 0 bridgehead atoms. The molecule has 20 heavy (non-hydrogen) atoms. The van der Waals surface area contributed by atoms with E-state index in [1.807, 2.05) is 37.3 Å². The van der Waals surface area contributed by atoms with Gasteiger partial charge in [-0.1, -0.05) is 30.3 Å². The van der Waals surface area contributed by atoms with Gasteiger partial charge in [0.05, 0.1) is 13.2 Å². The van der Waals surface area contributed by atoms with E-state index in [0.717, 1.165) is 5.56 Å². The fraction of sp³-hybridized carbons (Fsp3) is 0.467. The summed E-state index contributed by atoms with van der Waals surface area (Å²) in [7, 11) is 1.28. The molecule has 2 aliphatic rings. The molecule has 106 valence electrons. The molecule has 1 amide bonds. The van der Waals surface area contributed by atoms with Crippen LogP contribution in [-0.2, 0) is 19.1 Å². The Bertz CT molecular complexity index is 544. The highest BCUT2D eigenvalue weighted by Crippen LogP contribution is 2.46. The Morgan fingerprint density at radius 2 is 2.15 bits per heavy atom. The number of epoxide rings is 1. The molecular formula is C15H17NO4. The quantitative estimate of drug-likeness (QED) is 0.474. The maximum Gasteiger partial charge on any atom is 0.350 e. The van der Waals surface area contributed by atoms with E-state index in [2.05, 4.69) is 0 Å². The first-order chi connectivity index (χ1) is 9.61. The molecule has 0 aromatic heterocycles. The van der Waals surface area contributed by atoms with Crippen molar-refractivity contribution in [1.82, 2.24) is 4.90 Å². The Labute approximate surface area is 117 Å². The zero-order chi connectivity index (χ0) is 14.3. The second-order valence-electron chi connectivity index (χ2n) is 5.21. The lowest BCUT2D eigenvalue weighted by atomic mass is 9.94. The number of hydrogen-bond donors (Lipinski definition) is 0. The first kappa shape index (κ1) is 13.1. The van der Waals surface area contributed by atoms with E-state index in [9.17, 15) is 9.59 Å². The van der Waals surface area contributed by atoms with Gasteiger partial charge in [0.15, 0.2) is 0 Å². The number of rotatable bonds is 3. The highest BCUT2D eigenvalue weighted by molar-refractivity contribution is 6.10. The lowest BCUT2D eigenvalue weighted by molar-refractivity contribution is -0.157. The van der Waals surface area contributed by atoms with Crippen LogP contribution in [0.2, 0.25) is 0 Å². The van der Waals surface area contributed by atoms with Gasteiger partial charge in [-0.15, -0.1) is 0 Å². The fourth-order valence-electron chi connectivity index (χ4n) is 2.91. The molecule has 0 N–H and O–H groups in total. The smallest absolute Gasteiger partial charge is 0.350 e. The predicted octanol–water partition coefficient (Wildman–Crippen LogP) is 1.29. The number of benzene rings is 1. The lowest BCUT2D eigenvalue weighted by Gasteiger charge is -2.33. The Kier molecular flexibility index (Phi) is 3.01. The minimum atomic E-state index is -1.38. The van der Waals surface area contributed by atoms with Crippen LogP contribution in [0.1, 0.15) is 24.9 Å². The second kappa shape index (κ2) is 4.59. The van der Waals surface area contributed by atoms with E-state index >= 15 is 0 Å². The topological polar surface area (TPSA) is 59.1 Å². The van der Waals surface area contributed by atoms with Gasteiger partial charge in [-0.05, 0) is 18.9 Å². The van der Waals surface area contributed by atoms with E-state index in [4.69, 9.17) is 9.47 Å². The van der Waals surface area contributed by atoms with Gasteiger partial charge in [0, 0.05) is 6.54 Å². The van der Waals surface area contributed by atoms with Gasteiger partial charge >= 0.3 is 5.97 Å². The average Bonchev–Trinajstić information content (AvgIpc) is 3.24. The molecule has 0 spiro atoms. The molecular weight excluding hydrogens is 258 g/mol. The number of likely N-dealkylation sites (tertiary alicyclic amines) is 1. The highest BCUT2D eigenvalue weighted by Gasteiger charge is 2.72. The van der Waals surface area contributed by atoms with E-state index in [-0.39, 0.29) is 18.1 Å². The molecule has 2 saturated heterocycles. The lowest BCUT2D eigenvalue weighted by Crippen LogP contribution is -2.52. The summed E-state index contributed by atoms with van der Waals surface area (Å²) in [4.78, 5) is 26.2. The highest BCUT2D eigenvalue weighted by atomic mass is 16.7. The number of carbonyl (C=O) groups excluding carboxylic acids is 2. The molecule has 3 rings (SSSR count). The minimum Gasteiger partial charge on any atom is -0.466 e. The molecule has 3 atom stereocenters. The van der Waals surface area contributed by atoms with Crippen LogP contribution in [-0.4, -0.2) is 42.1 Å². The molecule has 5 nitrogen and oxygen atoms in total. The number of esters is 1. The van der Waals surface area contributed by atoms with Gasteiger partial charge in [-0.3, -0.25) is 4.79 Å². The van der Waals surface area contributed by atoms with E-state index < -0.39 is 11.6 Å². The molecule has 0 saturated carbocycles. The zero-order valence-electron chi connectivity index (χ0n) is 11.5. The number of piperidine rings is 1. The van der Waals surface area contributed by atoms with Crippen LogP contribution in [0, 0.1) is 0 Å². The third kappa shape index (κ3) is 1.73. The molecule has 0 unspecified atom stereocenters. The number of amides is 1. The molecule has 2 heterocycles. The molecule has 1 aromatic carbocycles. The fourth-order valence-corrected chi connectivity index (χ4v) is 2.91. The molecule has 5 heteroatoms. The summed E-state index contributed by atoms with van der Waals surface area (Å²) in [6.07, 6.45) is 0.347. The molecule has 1 aromatic rings. The monoisotopic (exact) mass is 275 g/mol. The first-order valence-corrected chi connectivity index (χ1v) is 6.73. The number of fused-ring (bicyclic) bond motifs is 1. The zero-order valence-corrected chi connectivity index (χ0v) is 11.5. The van der Waals surface area contributed by atoms with Crippen LogP contribution in [0.4, 0.5) is 0 Å². The van der Waals surface area contributed by atoms with Crippen molar-refractivity contribution in [3.8, 4) is 0 Å². The Hall–Kier alpha value is -1.88. The standard InChI is InChI=1S/C15H17NO4/c1-10(11-6-4-3-5-7-11)16-9-8-12-15(20-12,13(16)17)14(18)19-2/h3-7,10,12H,8-9H2,1-2H3/t10-,12-,15-/m0/s1. The number of ether oxygens (including phenoxy) is 2. The van der Waals surface area contributed by atoms with E-state index in [1.54, 1.807) is 4.90 Å². The molecule has 0 radical (unpaired) electrons. The van der Waals surface area contributed by atoms with Crippen molar-refractivity contribution < 1.29 is 19.1 Å². The Morgan fingerprint density at radius 1 is 1.45 bits per heavy atom. The van der Waals surface area contributed by atoms with Crippen molar-refractivity contribution in [2.24, 2.45) is 0 Å². The number of methoxy groups -OCH3 is 1. The van der Waals surface area contributed by atoms with Crippen molar-refractivity contribution in [3.05, 3.63) is 35.9 Å². The van der Waals surface area contributed by atoms with E-state index in [1.165, 1.54) is 7.11 Å². The predicted molar refractivity (Wildman–Crippen MR) is 70.8 cm³/mol. The largest absolute Gasteiger partial charge is 0.466 e. The first-order valence-electron chi connectivity index (χ1n) is 6.73. The van der Waals surface area contributed by atoms with Crippen LogP contribution in [0.25, 0.3) is 0 Å². The van der Waals surface area contributed by atoms with Gasteiger partial charge in [0.25, 0.3) is 11.5 Å². The van der Waals surface area contributed by atoms with Crippen LogP contribution in [0.5, 0.6) is 0 Å². The number of hydrogen-bond acceptors (Lipinski definition) is 4. The van der Waals surface area contributed by atoms with E-state index in [0.29, 0.717) is 13.0 Å². The normalized spacial score (nSPS) is 29.6. The Morgan fingerprint density at radius 3 is 2.80 bits per heavy atom. The van der Waals surface area contributed by atoms with Gasteiger partial charge in [-0.25, -0.2) is 4.79 Å². The van der Waals surface area contributed by atoms with Crippen LogP contribution < -0.4 is 0 Å². The molecule has 2 aliphatic heterocycles. The third-order valence-electron chi connectivity index (χ3n) is 4.17. The van der Waals surface area contributed by atoms with Crippen molar-refractivity contribution in [3.63, 3.8) is 0 Å². The van der Waals surface area contributed by atoms with Crippen LogP contribution >= 0.6 is 0 Å². The van der Waals surface area contributed by atoms with Crippen molar-refractivity contribution in [1.29, 1.82) is 0 Å². The van der Waals surface area contributed by atoms with Gasteiger partial charge < -0.3 is 14.4 Å². The van der Waals surface area contributed by atoms with Crippen LogP contribution in [0.15, 0.2) is 30.3 Å². The summed E-state index contributed by atoms with van der Waals surface area (Å²) in [6.45, 7) is 2.55.